The van der Waals surface area contributed by atoms with E-state index in [1.165, 1.54) is 44.1 Å². The summed E-state index contributed by atoms with van der Waals surface area (Å²) in [5.74, 6) is 2.08. The van der Waals surface area contributed by atoms with Gasteiger partial charge in [0, 0.05) is 11.3 Å². The number of nitrogens with one attached hydrogen (secondary N) is 1. The summed E-state index contributed by atoms with van der Waals surface area (Å²) in [4.78, 5) is 12.5. The van der Waals surface area contributed by atoms with Crippen LogP contribution >= 0.6 is 11.8 Å². The predicted molar refractivity (Wildman–Crippen MR) is 114 cm³/mol. The lowest BCUT2D eigenvalue weighted by Gasteiger charge is -2.19. The smallest absolute Gasteiger partial charge is 0.251 e. The molecule has 3 heteroatoms. The molecule has 1 unspecified atom stereocenters. The summed E-state index contributed by atoms with van der Waals surface area (Å²) in [5, 5.41) is 3.21. The first kappa shape index (κ1) is 20.6. The summed E-state index contributed by atoms with van der Waals surface area (Å²) in [6, 6.07) is 19.8. The molecule has 0 aliphatic rings. The van der Waals surface area contributed by atoms with Crippen molar-refractivity contribution in [1.82, 2.24) is 5.32 Å². The maximum Gasteiger partial charge on any atom is 0.251 e. The molecular weight excluding hydrogens is 338 g/mol. The van der Waals surface area contributed by atoms with Crippen LogP contribution in [0.5, 0.6) is 0 Å². The SMILES string of the molecule is CCCCCCCCSCC(NC(=O)c1ccccc1)c1ccccc1. The second kappa shape index (κ2) is 12.6. The monoisotopic (exact) mass is 369 g/mol. The Morgan fingerprint density at radius 2 is 1.50 bits per heavy atom. The Kier molecular flexibility index (Phi) is 9.96. The van der Waals surface area contributed by atoms with Crippen LogP contribution in [0.1, 0.15) is 67.4 Å². The Morgan fingerprint density at radius 1 is 0.885 bits per heavy atom. The fraction of sp³-hybridized carbons (Fsp3) is 0.435. The van der Waals surface area contributed by atoms with Crippen LogP contribution in [0.3, 0.4) is 0 Å². The van der Waals surface area contributed by atoms with Crippen LogP contribution in [0.15, 0.2) is 60.7 Å². The van der Waals surface area contributed by atoms with Gasteiger partial charge in [0.25, 0.3) is 5.91 Å². The molecule has 1 atom stereocenters. The van der Waals surface area contributed by atoms with E-state index in [-0.39, 0.29) is 11.9 Å². The second-order valence-corrected chi connectivity index (χ2v) is 7.80. The van der Waals surface area contributed by atoms with Crippen LogP contribution < -0.4 is 5.32 Å². The average Bonchev–Trinajstić information content (AvgIpc) is 2.70. The van der Waals surface area contributed by atoms with Crippen molar-refractivity contribution in [3.8, 4) is 0 Å². The van der Waals surface area contributed by atoms with E-state index in [0.717, 1.165) is 11.5 Å². The van der Waals surface area contributed by atoms with Gasteiger partial charge in [-0.2, -0.15) is 11.8 Å². The largest absolute Gasteiger partial charge is 0.344 e. The van der Waals surface area contributed by atoms with Crippen LogP contribution in [0.4, 0.5) is 0 Å². The van der Waals surface area contributed by atoms with Gasteiger partial charge in [0.2, 0.25) is 0 Å². The molecule has 26 heavy (non-hydrogen) atoms. The molecule has 2 rings (SSSR count). The first-order valence-electron chi connectivity index (χ1n) is 9.80. The van der Waals surface area contributed by atoms with Gasteiger partial charge in [-0.3, -0.25) is 4.79 Å². The van der Waals surface area contributed by atoms with Gasteiger partial charge < -0.3 is 5.32 Å². The summed E-state index contributed by atoms with van der Waals surface area (Å²) in [6.07, 6.45) is 7.95. The molecule has 0 spiro atoms. The molecule has 1 amide bonds. The van der Waals surface area contributed by atoms with Crippen LogP contribution in [-0.4, -0.2) is 17.4 Å². The molecule has 0 bridgehead atoms. The predicted octanol–water partition coefficient (Wildman–Crippen LogP) is 6.25. The summed E-state index contributed by atoms with van der Waals surface area (Å²) in [6.45, 7) is 2.25. The third-order valence-electron chi connectivity index (χ3n) is 4.47. The summed E-state index contributed by atoms with van der Waals surface area (Å²) >= 11 is 1.94. The summed E-state index contributed by atoms with van der Waals surface area (Å²) in [7, 11) is 0. The minimum atomic E-state index is -0.000353. The molecule has 0 fully saturated rings. The first-order chi connectivity index (χ1) is 12.8. The minimum Gasteiger partial charge on any atom is -0.344 e. The number of amides is 1. The first-order valence-corrected chi connectivity index (χ1v) is 11.0. The standard InChI is InChI=1S/C23H31NOS/c1-2-3-4-5-6-13-18-26-19-22(20-14-9-7-10-15-20)24-23(25)21-16-11-8-12-17-21/h7-12,14-17,22H,2-6,13,18-19H2,1H3,(H,24,25). The van der Waals surface area contributed by atoms with Crippen molar-refractivity contribution in [2.45, 2.75) is 51.5 Å². The zero-order chi connectivity index (χ0) is 18.5. The van der Waals surface area contributed by atoms with Gasteiger partial charge in [-0.25, -0.2) is 0 Å². The molecule has 0 saturated carbocycles. The molecule has 0 aliphatic carbocycles. The quantitative estimate of drug-likeness (QED) is 0.448. The Labute approximate surface area is 162 Å². The lowest BCUT2D eigenvalue weighted by molar-refractivity contribution is 0.0940. The van der Waals surface area contributed by atoms with Crippen LogP contribution in [0.2, 0.25) is 0 Å². The lowest BCUT2D eigenvalue weighted by atomic mass is 10.1. The number of carbonyl (C=O) groups excluding carboxylic acids is 1. The van der Waals surface area contributed by atoms with E-state index < -0.39 is 0 Å². The molecule has 0 radical (unpaired) electrons. The van der Waals surface area contributed by atoms with Crippen LogP contribution in [0, 0.1) is 0 Å². The molecule has 2 nitrogen and oxygen atoms in total. The van der Waals surface area contributed by atoms with E-state index in [1.807, 2.05) is 60.3 Å². The molecule has 2 aromatic carbocycles. The van der Waals surface area contributed by atoms with Crippen molar-refractivity contribution in [2.75, 3.05) is 11.5 Å². The number of hydrogen-bond acceptors (Lipinski definition) is 2. The summed E-state index contributed by atoms with van der Waals surface area (Å²) < 4.78 is 0. The highest BCUT2D eigenvalue weighted by molar-refractivity contribution is 7.99. The maximum absolute atomic E-state index is 12.5. The highest BCUT2D eigenvalue weighted by Gasteiger charge is 2.15. The van der Waals surface area contributed by atoms with Gasteiger partial charge in [0.05, 0.1) is 6.04 Å². The zero-order valence-electron chi connectivity index (χ0n) is 15.8. The molecule has 140 valence electrons. The number of unbranched alkanes of at least 4 members (excludes halogenated alkanes) is 5. The van der Waals surface area contributed by atoms with Gasteiger partial charge in [0.15, 0.2) is 0 Å². The topological polar surface area (TPSA) is 29.1 Å². The van der Waals surface area contributed by atoms with E-state index in [1.54, 1.807) is 0 Å². The highest BCUT2D eigenvalue weighted by atomic mass is 32.2. The Bertz CT molecular complexity index is 615. The van der Waals surface area contributed by atoms with Crippen molar-refractivity contribution < 1.29 is 4.79 Å². The van der Waals surface area contributed by atoms with E-state index in [0.29, 0.717) is 5.56 Å². The maximum atomic E-state index is 12.5. The highest BCUT2D eigenvalue weighted by Crippen LogP contribution is 2.20. The Morgan fingerprint density at radius 3 is 2.19 bits per heavy atom. The van der Waals surface area contributed by atoms with E-state index in [9.17, 15) is 4.79 Å². The van der Waals surface area contributed by atoms with Gasteiger partial charge in [-0.05, 0) is 29.9 Å². The third kappa shape index (κ3) is 7.65. The van der Waals surface area contributed by atoms with E-state index >= 15 is 0 Å². The normalized spacial score (nSPS) is 11.9. The fourth-order valence-electron chi connectivity index (χ4n) is 2.92. The van der Waals surface area contributed by atoms with Crippen molar-refractivity contribution in [3.05, 3.63) is 71.8 Å². The van der Waals surface area contributed by atoms with Crippen LogP contribution in [0.25, 0.3) is 0 Å². The van der Waals surface area contributed by atoms with Gasteiger partial charge in [-0.15, -0.1) is 0 Å². The number of thioether (sulfide) groups is 1. The molecule has 2 aromatic rings. The van der Waals surface area contributed by atoms with Gasteiger partial charge >= 0.3 is 0 Å². The lowest BCUT2D eigenvalue weighted by Crippen LogP contribution is -2.30. The number of rotatable bonds is 12. The molecule has 1 N–H and O–H groups in total. The molecule has 0 heterocycles. The average molecular weight is 370 g/mol. The van der Waals surface area contributed by atoms with Crippen molar-refractivity contribution in [3.63, 3.8) is 0 Å². The fourth-order valence-corrected chi connectivity index (χ4v) is 4.01. The zero-order valence-corrected chi connectivity index (χ0v) is 16.6. The molecule has 0 aromatic heterocycles. The van der Waals surface area contributed by atoms with Crippen LogP contribution in [-0.2, 0) is 0 Å². The van der Waals surface area contributed by atoms with E-state index in [4.69, 9.17) is 0 Å². The Balaban J connectivity index is 1.82. The number of benzene rings is 2. The van der Waals surface area contributed by atoms with Crippen molar-refractivity contribution >= 4 is 17.7 Å². The summed E-state index contributed by atoms with van der Waals surface area (Å²) in [5.41, 5.74) is 1.89. The van der Waals surface area contributed by atoms with Crippen molar-refractivity contribution in [2.24, 2.45) is 0 Å². The number of hydrogen-bond donors (Lipinski definition) is 1. The third-order valence-corrected chi connectivity index (χ3v) is 5.62. The number of carbonyl (C=O) groups is 1. The molecular formula is C23H31NOS. The van der Waals surface area contributed by atoms with E-state index in [2.05, 4.69) is 24.4 Å². The molecule has 0 aliphatic heterocycles. The van der Waals surface area contributed by atoms with Gasteiger partial charge in [0.1, 0.15) is 0 Å². The Hall–Kier alpha value is -1.74. The molecule has 0 saturated heterocycles. The van der Waals surface area contributed by atoms with Crippen molar-refractivity contribution in [1.29, 1.82) is 0 Å². The minimum absolute atomic E-state index is 0.000353. The van der Waals surface area contributed by atoms with Gasteiger partial charge in [-0.1, -0.05) is 87.6 Å². The second-order valence-electron chi connectivity index (χ2n) is 6.65.